The number of hydrogen-bond donors (Lipinski definition) is 4. The Hall–Kier alpha value is -5.28. The van der Waals surface area contributed by atoms with Gasteiger partial charge in [-0.25, -0.2) is 35.9 Å². The molecule has 0 saturated heterocycles. The molecular formula is C39H37F6N9O4S2. The average Bonchev–Trinajstić information content (AvgIpc) is 4.05. The summed E-state index contributed by atoms with van der Waals surface area (Å²) in [5.41, 5.74) is -1.24. The highest BCUT2D eigenvalue weighted by molar-refractivity contribution is 7.93. The van der Waals surface area contributed by atoms with Crippen molar-refractivity contribution < 1.29 is 44.7 Å². The second-order valence-corrected chi connectivity index (χ2v) is 19.2. The molecule has 9 rings (SSSR count). The van der Waals surface area contributed by atoms with E-state index >= 15 is 8.78 Å². The molecule has 3 aliphatic rings. The molecule has 21 heteroatoms. The predicted molar refractivity (Wildman–Crippen MR) is 210 cm³/mol. The number of hydrogen-bond acceptors (Lipinski definition) is 10. The van der Waals surface area contributed by atoms with Crippen molar-refractivity contribution in [2.45, 2.75) is 81.2 Å². The number of pyridine rings is 1. The lowest BCUT2D eigenvalue weighted by atomic mass is 9.94. The van der Waals surface area contributed by atoms with Crippen LogP contribution in [0.15, 0.2) is 42.5 Å². The Labute approximate surface area is 342 Å². The summed E-state index contributed by atoms with van der Waals surface area (Å²) in [6.45, 7) is 2.44. The summed E-state index contributed by atoms with van der Waals surface area (Å²) in [5, 5.41) is 24.7. The first-order chi connectivity index (χ1) is 28.3. The number of fused-ring (bicyclic) bond motifs is 5. The number of para-hydroxylation sites is 1. The van der Waals surface area contributed by atoms with E-state index in [9.17, 15) is 35.9 Å². The van der Waals surface area contributed by atoms with Crippen molar-refractivity contribution in [2.24, 2.45) is 13.0 Å². The second-order valence-electron chi connectivity index (χ2n) is 16.2. The molecule has 0 bridgehead atoms. The minimum Gasteiger partial charge on any atom is -0.389 e. The molecule has 2 fully saturated rings. The number of nitrogens with one attached hydrogen (secondary N) is 3. The number of carbonyl (C=O) groups is 1. The van der Waals surface area contributed by atoms with Gasteiger partial charge in [-0.2, -0.15) is 19.0 Å². The highest BCUT2D eigenvalue weighted by Crippen LogP contribution is 2.68. The lowest BCUT2D eigenvalue weighted by Crippen LogP contribution is -2.35. The smallest absolute Gasteiger partial charge is 0.293 e. The van der Waals surface area contributed by atoms with Crippen LogP contribution in [-0.4, -0.2) is 66.4 Å². The number of benzene rings is 2. The molecule has 3 atom stereocenters. The van der Waals surface area contributed by atoms with Gasteiger partial charge in [0.15, 0.2) is 16.6 Å². The third kappa shape index (κ3) is 7.33. The Morgan fingerprint density at radius 2 is 1.78 bits per heavy atom. The Morgan fingerprint density at radius 3 is 2.47 bits per heavy atom. The van der Waals surface area contributed by atoms with Crippen LogP contribution in [0.2, 0.25) is 0 Å². The van der Waals surface area contributed by atoms with Crippen LogP contribution in [0.25, 0.3) is 32.4 Å². The van der Waals surface area contributed by atoms with Crippen LogP contribution in [0.4, 0.5) is 37.3 Å². The van der Waals surface area contributed by atoms with Crippen LogP contribution < -0.4 is 15.4 Å². The van der Waals surface area contributed by atoms with Gasteiger partial charge in [-0.3, -0.25) is 18.9 Å². The fraction of sp³-hybridized carbons (Fsp3) is 0.410. The minimum atomic E-state index is -3.73. The van der Waals surface area contributed by atoms with E-state index in [4.69, 9.17) is 4.98 Å². The first-order valence-corrected chi connectivity index (χ1v) is 21.4. The summed E-state index contributed by atoms with van der Waals surface area (Å²) in [7, 11) is -2.12. The molecule has 0 aliphatic heterocycles. The number of amides is 1. The van der Waals surface area contributed by atoms with Crippen LogP contribution in [-0.2, 0) is 40.8 Å². The Kier molecular flexibility index (Phi) is 9.47. The second kappa shape index (κ2) is 14.2. The number of aliphatic hydroxyl groups is 1. The zero-order chi connectivity index (χ0) is 42.6. The zero-order valence-corrected chi connectivity index (χ0v) is 33.7. The number of alkyl halides is 4. The largest absolute Gasteiger partial charge is 0.389 e. The molecule has 3 aliphatic carbocycles. The third-order valence-corrected chi connectivity index (χ3v) is 13.7. The summed E-state index contributed by atoms with van der Waals surface area (Å²) in [5.74, 6) is -8.11. The van der Waals surface area contributed by atoms with Crippen molar-refractivity contribution in [3.63, 3.8) is 0 Å². The number of sulfonamides is 1. The van der Waals surface area contributed by atoms with E-state index in [0.29, 0.717) is 55.5 Å². The van der Waals surface area contributed by atoms with E-state index in [1.54, 1.807) is 45.2 Å². The number of halogens is 6. The zero-order valence-electron chi connectivity index (χ0n) is 32.1. The molecule has 0 radical (unpaired) electrons. The predicted octanol–water partition coefficient (Wildman–Crippen LogP) is 7.05. The molecule has 1 unspecified atom stereocenters. The number of carbonyl (C=O) groups excluding carboxylic acids is 1. The van der Waals surface area contributed by atoms with Crippen LogP contribution in [0, 0.1) is 17.6 Å². The topological polar surface area (TPSA) is 169 Å². The number of aromatic nitrogens is 6. The van der Waals surface area contributed by atoms with Gasteiger partial charge in [-0.1, -0.05) is 23.5 Å². The summed E-state index contributed by atoms with van der Waals surface area (Å²) >= 11 is 1.20. The lowest BCUT2D eigenvalue weighted by molar-refractivity contribution is -0.123. The van der Waals surface area contributed by atoms with Gasteiger partial charge in [-0.15, -0.1) is 0 Å². The van der Waals surface area contributed by atoms with Crippen molar-refractivity contribution in [1.29, 1.82) is 0 Å². The maximum absolute atomic E-state index is 15.5. The summed E-state index contributed by atoms with van der Waals surface area (Å²) in [6, 6.07) is 8.32. The molecule has 13 nitrogen and oxygen atoms in total. The number of aryl methyl sites for hydroxylation is 1. The molecule has 4 N–H and O–H groups in total. The highest BCUT2D eigenvalue weighted by Gasteiger charge is 2.67. The van der Waals surface area contributed by atoms with Gasteiger partial charge < -0.3 is 15.7 Å². The van der Waals surface area contributed by atoms with Gasteiger partial charge in [0, 0.05) is 47.7 Å². The average molecular weight is 874 g/mol. The van der Waals surface area contributed by atoms with E-state index in [1.807, 2.05) is 0 Å². The number of rotatable bonds is 14. The number of nitrogens with zero attached hydrogens (tertiary/aromatic N) is 6. The standard InChI is InChI=1S/C39H37F6N9O4S2/c1-38(2,56)16-46-37-49-36-27(59-37)14-23(21-5-4-6-22-32(21)53(3)51-35(22)52-60(57,58)20-7-8-20)30(48-36)26(11-17-9-18(40)12-19(41)10-17)47-28(55)15-54-33-29(31(50-54)34(42)43)24-13-25(24)39(33,44)45/h4-6,9-10,12,14,20,24-26,34,56H,7-8,11,13,15-16H2,1-3H3,(H,47,55)(H,51,52)(H,46,48,49)/t24-,25?,26-/m0/s1. The Bertz CT molecular complexity index is 2810. The molecule has 1 amide bonds. The molecule has 2 aromatic carbocycles. The van der Waals surface area contributed by atoms with Gasteiger partial charge in [0.1, 0.15) is 29.6 Å². The molecule has 4 aromatic heterocycles. The fourth-order valence-corrected chi connectivity index (χ4v) is 10.3. The van der Waals surface area contributed by atoms with Gasteiger partial charge in [0.05, 0.1) is 32.8 Å². The molecule has 2 saturated carbocycles. The molecule has 316 valence electrons. The normalized spacial score (nSPS) is 18.9. The molecular weight excluding hydrogens is 837 g/mol. The van der Waals surface area contributed by atoms with Crippen LogP contribution >= 0.6 is 11.3 Å². The van der Waals surface area contributed by atoms with E-state index < -0.39 is 86.6 Å². The van der Waals surface area contributed by atoms with E-state index in [0.717, 1.165) is 12.1 Å². The quantitative estimate of drug-likeness (QED) is 0.0839. The van der Waals surface area contributed by atoms with Gasteiger partial charge in [0.25, 0.3) is 12.3 Å². The molecule has 6 aromatic rings. The first kappa shape index (κ1) is 40.1. The van der Waals surface area contributed by atoms with Crippen molar-refractivity contribution in [3.8, 4) is 11.1 Å². The molecule has 4 heterocycles. The van der Waals surface area contributed by atoms with Crippen LogP contribution in [0.3, 0.4) is 0 Å². The minimum absolute atomic E-state index is 0.0315. The monoisotopic (exact) mass is 873 g/mol. The van der Waals surface area contributed by atoms with E-state index in [-0.39, 0.29) is 47.7 Å². The van der Waals surface area contributed by atoms with Crippen molar-refractivity contribution in [3.05, 3.63) is 82.3 Å². The molecule has 0 spiro atoms. The van der Waals surface area contributed by atoms with Crippen LogP contribution in [0.5, 0.6) is 0 Å². The van der Waals surface area contributed by atoms with E-state index in [2.05, 4.69) is 30.5 Å². The summed E-state index contributed by atoms with van der Waals surface area (Å²) < 4.78 is 120. The Balaban J connectivity index is 1.18. The summed E-state index contributed by atoms with van der Waals surface area (Å²) in [6.07, 6.45) is -2.39. The van der Waals surface area contributed by atoms with E-state index in [1.165, 1.54) is 16.0 Å². The molecule has 60 heavy (non-hydrogen) atoms. The SMILES string of the molecule is Cn1nc(NS(=O)(=O)C2CC2)c2cccc(-c3cc4sc(NCC(C)(C)O)nc4nc3[C@H](Cc3cc(F)cc(F)c3)NC(=O)Cn3nc(C(F)F)c4c3C(F)(F)C3C[C@H]43)c21. The van der Waals surface area contributed by atoms with Crippen molar-refractivity contribution >= 4 is 59.5 Å². The maximum atomic E-state index is 15.5. The van der Waals surface area contributed by atoms with Crippen molar-refractivity contribution in [2.75, 3.05) is 16.6 Å². The van der Waals surface area contributed by atoms with Crippen molar-refractivity contribution in [1.82, 2.24) is 34.8 Å². The van der Waals surface area contributed by atoms with Crippen LogP contribution in [0.1, 0.15) is 79.7 Å². The Morgan fingerprint density at radius 1 is 1.05 bits per heavy atom. The summed E-state index contributed by atoms with van der Waals surface area (Å²) in [4.78, 5) is 23.5. The lowest BCUT2D eigenvalue weighted by Gasteiger charge is -2.23. The van der Waals surface area contributed by atoms with Gasteiger partial charge >= 0.3 is 0 Å². The third-order valence-electron chi connectivity index (χ3n) is 10.9. The first-order valence-electron chi connectivity index (χ1n) is 19.0. The highest BCUT2D eigenvalue weighted by atomic mass is 32.2. The number of anilines is 2. The maximum Gasteiger partial charge on any atom is 0.293 e. The fourth-order valence-electron chi connectivity index (χ4n) is 8.09. The number of thiazole rings is 1. The van der Waals surface area contributed by atoms with Gasteiger partial charge in [-0.05, 0) is 75.3 Å². The van der Waals surface area contributed by atoms with Gasteiger partial charge in [0.2, 0.25) is 15.9 Å².